The van der Waals surface area contributed by atoms with E-state index in [-0.39, 0.29) is 5.57 Å². The van der Waals surface area contributed by atoms with Crippen LogP contribution in [0.4, 0.5) is 10.5 Å². The number of nitrogens with one attached hydrogen (secondary N) is 1. The number of anilines is 1. The molecule has 0 saturated carbocycles. The van der Waals surface area contributed by atoms with E-state index in [1.807, 2.05) is 32.0 Å². The summed E-state index contributed by atoms with van der Waals surface area (Å²) in [6.07, 6.45) is 1.49. The van der Waals surface area contributed by atoms with Crippen LogP contribution in [-0.4, -0.2) is 17.8 Å². The van der Waals surface area contributed by atoms with Crippen LogP contribution < -0.4 is 15.0 Å². The minimum atomic E-state index is -0.756. The van der Waals surface area contributed by atoms with Gasteiger partial charge < -0.3 is 4.74 Å². The summed E-state index contributed by atoms with van der Waals surface area (Å²) in [4.78, 5) is 39.3. The number of carbonyl (C=O) groups excluding carboxylic acids is 3. The van der Waals surface area contributed by atoms with Crippen LogP contribution >= 0.6 is 0 Å². The molecule has 0 atom stereocenters. The Morgan fingerprint density at radius 1 is 0.811 bits per heavy atom. The van der Waals surface area contributed by atoms with Crippen molar-refractivity contribution in [3.8, 4) is 5.75 Å². The standard InChI is InChI=1S/C31H26N2O4/c1-19-7-6-10-28(21(19)3)33-30(35)26(29(34)32-31(33)36)17-22-12-15-24(16-13-22)37-18-27-20(2)11-14-23-8-4-5-9-25(23)27/h4-17H,18H2,1-3H3,(H,32,34,36)/b26-17+. The molecule has 0 bridgehead atoms. The van der Waals surface area contributed by atoms with Crippen LogP contribution in [0.2, 0.25) is 0 Å². The molecule has 0 aromatic heterocycles. The van der Waals surface area contributed by atoms with Crippen LogP contribution in [0, 0.1) is 20.8 Å². The Bertz CT molecular complexity index is 1590. The molecule has 4 aromatic carbocycles. The average Bonchev–Trinajstić information content (AvgIpc) is 2.89. The van der Waals surface area contributed by atoms with Crippen molar-refractivity contribution < 1.29 is 19.1 Å². The van der Waals surface area contributed by atoms with Gasteiger partial charge in [-0.1, -0.05) is 60.7 Å². The molecule has 1 N–H and O–H groups in total. The van der Waals surface area contributed by atoms with E-state index in [0.29, 0.717) is 23.6 Å². The zero-order valence-electron chi connectivity index (χ0n) is 20.9. The molecule has 1 fully saturated rings. The Hall–Kier alpha value is -4.71. The van der Waals surface area contributed by atoms with Crippen molar-refractivity contribution in [3.05, 3.63) is 112 Å². The maximum absolute atomic E-state index is 13.2. The molecular weight excluding hydrogens is 464 g/mol. The first kappa shape index (κ1) is 24.0. The van der Waals surface area contributed by atoms with Gasteiger partial charge in [0.2, 0.25) is 0 Å². The molecule has 5 rings (SSSR count). The molecule has 4 aromatic rings. The van der Waals surface area contributed by atoms with Crippen molar-refractivity contribution >= 4 is 40.4 Å². The van der Waals surface area contributed by atoms with Gasteiger partial charge in [-0.05, 0) is 78.1 Å². The van der Waals surface area contributed by atoms with Gasteiger partial charge in [0, 0.05) is 5.56 Å². The second-order valence-electron chi connectivity index (χ2n) is 9.12. The minimum Gasteiger partial charge on any atom is -0.489 e. The number of imide groups is 2. The maximum atomic E-state index is 13.2. The minimum absolute atomic E-state index is 0.111. The molecule has 184 valence electrons. The van der Waals surface area contributed by atoms with Gasteiger partial charge in [-0.15, -0.1) is 0 Å². The lowest BCUT2D eigenvalue weighted by Gasteiger charge is -2.28. The molecule has 1 heterocycles. The second-order valence-corrected chi connectivity index (χ2v) is 9.12. The van der Waals surface area contributed by atoms with Gasteiger partial charge in [0.15, 0.2) is 0 Å². The van der Waals surface area contributed by atoms with E-state index < -0.39 is 17.8 Å². The predicted molar refractivity (Wildman–Crippen MR) is 144 cm³/mol. The van der Waals surface area contributed by atoms with E-state index >= 15 is 0 Å². The number of hydrogen-bond donors (Lipinski definition) is 1. The summed E-state index contributed by atoms with van der Waals surface area (Å²) in [6, 6.07) is 24.2. The summed E-state index contributed by atoms with van der Waals surface area (Å²) in [7, 11) is 0. The van der Waals surface area contributed by atoms with Crippen LogP contribution in [0.3, 0.4) is 0 Å². The number of rotatable bonds is 5. The number of fused-ring (bicyclic) bond motifs is 1. The highest BCUT2D eigenvalue weighted by atomic mass is 16.5. The van der Waals surface area contributed by atoms with Crippen LogP contribution in [-0.2, 0) is 16.2 Å². The van der Waals surface area contributed by atoms with Crippen molar-refractivity contribution in [3.63, 3.8) is 0 Å². The summed E-state index contributed by atoms with van der Waals surface area (Å²) < 4.78 is 6.06. The summed E-state index contributed by atoms with van der Waals surface area (Å²) in [6.45, 7) is 6.22. The van der Waals surface area contributed by atoms with E-state index in [0.717, 1.165) is 37.9 Å². The van der Waals surface area contributed by atoms with Crippen LogP contribution in [0.5, 0.6) is 5.75 Å². The zero-order valence-corrected chi connectivity index (χ0v) is 20.9. The van der Waals surface area contributed by atoms with E-state index in [1.165, 1.54) is 6.08 Å². The third-order valence-electron chi connectivity index (χ3n) is 6.77. The van der Waals surface area contributed by atoms with E-state index in [9.17, 15) is 14.4 Å². The summed E-state index contributed by atoms with van der Waals surface area (Å²) in [5.74, 6) is -0.710. The lowest BCUT2D eigenvalue weighted by Crippen LogP contribution is -2.54. The van der Waals surface area contributed by atoms with Gasteiger partial charge >= 0.3 is 6.03 Å². The number of barbiturate groups is 1. The molecule has 0 radical (unpaired) electrons. The second kappa shape index (κ2) is 9.74. The lowest BCUT2D eigenvalue weighted by atomic mass is 10.0. The lowest BCUT2D eigenvalue weighted by molar-refractivity contribution is -0.122. The van der Waals surface area contributed by atoms with E-state index in [4.69, 9.17) is 4.74 Å². The highest BCUT2D eigenvalue weighted by molar-refractivity contribution is 6.39. The predicted octanol–water partition coefficient (Wildman–Crippen LogP) is 6.01. The first-order valence-corrected chi connectivity index (χ1v) is 12.0. The van der Waals surface area contributed by atoms with E-state index in [2.05, 4.69) is 36.5 Å². The molecule has 0 spiro atoms. The van der Waals surface area contributed by atoms with Gasteiger partial charge in [-0.25, -0.2) is 9.69 Å². The first-order valence-electron chi connectivity index (χ1n) is 12.0. The van der Waals surface area contributed by atoms with Crippen molar-refractivity contribution in [2.24, 2.45) is 0 Å². The number of aryl methyl sites for hydroxylation is 2. The van der Waals surface area contributed by atoms with Gasteiger partial charge in [-0.2, -0.15) is 0 Å². The fourth-order valence-electron chi connectivity index (χ4n) is 4.47. The van der Waals surface area contributed by atoms with Crippen molar-refractivity contribution in [1.29, 1.82) is 0 Å². The largest absolute Gasteiger partial charge is 0.489 e. The highest BCUT2D eigenvalue weighted by Crippen LogP contribution is 2.28. The number of carbonyl (C=O) groups is 3. The smallest absolute Gasteiger partial charge is 0.335 e. The third-order valence-corrected chi connectivity index (χ3v) is 6.77. The number of nitrogens with zero attached hydrogens (tertiary/aromatic N) is 1. The van der Waals surface area contributed by atoms with Crippen molar-refractivity contribution in [2.45, 2.75) is 27.4 Å². The maximum Gasteiger partial charge on any atom is 0.335 e. The Kier molecular flexibility index (Phi) is 6.32. The van der Waals surface area contributed by atoms with E-state index in [1.54, 1.807) is 36.4 Å². The number of urea groups is 1. The molecule has 0 aliphatic carbocycles. The fourth-order valence-corrected chi connectivity index (χ4v) is 4.47. The first-order chi connectivity index (χ1) is 17.8. The Labute approximate surface area is 215 Å². The molecule has 6 heteroatoms. The Balaban J connectivity index is 1.37. The third kappa shape index (κ3) is 4.61. The van der Waals surface area contributed by atoms with Crippen LogP contribution in [0.15, 0.2) is 84.4 Å². The average molecular weight is 491 g/mol. The molecule has 4 amide bonds. The molecule has 37 heavy (non-hydrogen) atoms. The zero-order chi connectivity index (χ0) is 26.1. The monoisotopic (exact) mass is 490 g/mol. The molecule has 1 aliphatic heterocycles. The highest BCUT2D eigenvalue weighted by Gasteiger charge is 2.37. The molecule has 6 nitrogen and oxygen atoms in total. The quantitative estimate of drug-likeness (QED) is 0.275. The SMILES string of the molecule is Cc1cccc(N2C(=O)NC(=O)/C(=C\c3ccc(OCc4c(C)ccc5ccccc45)cc3)C2=O)c1C. The Morgan fingerprint density at radius 3 is 2.35 bits per heavy atom. The Morgan fingerprint density at radius 2 is 1.57 bits per heavy atom. The topological polar surface area (TPSA) is 75.7 Å². The number of benzene rings is 4. The molecule has 0 unspecified atom stereocenters. The van der Waals surface area contributed by atoms with Gasteiger partial charge in [0.25, 0.3) is 11.8 Å². The van der Waals surface area contributed by atoms with Crippen LogP contribution in [0.1, 0.15) is 27.8 Å². The normalized spacial score (nSPS) is 14.8. The van der Waals surface area contributed by atoms with Crippen molar-refractivity contribution in [2.75, 3.05) is 4.90 Å². The van der Waals surface area contributed by atoms with Gasteiger partial charge in [-0.3, -0.25) is 14.9 Å². The summed E-state index contributed by atoms with van der Waals surface area (Å²) in [5, 5.41) is 4.60. The van der Waals surface area contributed by atoms with Gasteiger partial charge in [0.1, 0.15) is 17.9 Å². The number of hydrogen-bond acceptors (Lipinski definition) is 4. The number of ether oxygens (including phenoxy) is 1. The number of amides is 4. The fraction of sp³-hybridized carbons (Fsp3) is 0.129. The van der Waals surface area contributed by atoms with Crippen LogP contribution in [0.25, 0.3) is 16.8 Å². The van der Waals surface area contributed by atoms with Crippen molar-refractivity contribution in [1.82, 2.24) is 5.32 Å². The molecule has 1 saturated heterocycles. The summed E-state index contributed by atoms with van der Waals surface area (Å²) in [5.41, 5.74) is 5.00. The molecular formula is C31H26N2O4. The van der Waals surface area contributed by atoms with Gasteiger partial charge in [0.05, 0.1) is 5.69 Å². The summed E-state index contributed by atoms with van der Waals surface area (Å²) >= 11 is 0. The molecule has 1 aliphatic rings.